The second kappa shape index (κ2) is 3.70. The van der Waals surface area contributed by atoms with Crippen LogP contribution in [0.4, 0.5) is 0 Å². The second-order valence-electron chi connectivity index (χ2n) is 3.15. The highest BCUT2D eigenvalue weighted by Gasteiger charge is 2.17. The number of aromatic nitrogens is 2. The Hall–Kier alpha value is -1.16. The molecule has 1 saturated heterocycles. The highest BCUT2D eigenvalue weighted by atomic mass is 16.5. The summed E-state index contributed by atoms with van der Waals surface area (Å²) in [7, 11) is 1.59. The maximum absolute atomic E-state index is 4.94. The molecule has 1 aliphatic heterocycles. The van der Waals surface area contributed by atoms with E-state index in [4.69, 9.17) is 4.74 Å². The van der Waals surface area contributed by atoms with E-state index < -0.39 is 0 Å². The van der Waals surface area contributed by atoms with E-state index in [9.17, 15) is 0 Å². The molecule has 0 aliphatic carbocycles. The highest BCUT2D eigenvalue weighted by Crippen LogP contribution is 2.21. The molecular formula is C9H13N3O. The molecule has 1 aliphatic rings. The molecule has 13 heavy (non-hydrogen) atoms. The molecule has 0 saturated carbocycles. The van der Waals surface area contributed by atoms with Crippen LogP contribution in [0.2, 0.25) is 0 Å². The summed E-state index contributed by atoms with van der Waals surface area (Å²) in [4.78, 5) is 0. The summed E-state index contributed by atoms with van der Waals surface area (Å²) in [5, 5.41) is 11.4. The number of methoxy groups -OCH3 is 1. The van der Waals surface area contributed by atoms with Crippen molar-refractivity contribution >= 4 is 0 Å². The maximum Gasteiger partial charge on any atom is 0.233 e. The maximum atomic E-state index is 4.94. The number of nitrogens with zero attached hydrogens (tertiary/aromatic N) is 2. The topological polar surface area (TPSA) is 47.0 Å². The van der Waals surface area contributed by atoms with Gasteiger partial charge in [0, 0.05) is 6.07 Å². The summed E-state index contributed by atoms with van der Waals surface area (Å²) in [5.41, 5.74) is 1.01. The number of nitrogens with one attached hydrogen (secondary N) is 1. The van der Waals surface area contributed by atoms with Crippen molar-refractivity contribution in [3.8, 4) is 5.88 Å². The van der Waals surface area contributed by atoms with Gasteiger partial charge in [-0.2, -0.15) is 5.10 Å². The standard InChI is InChI=1S/C9H13N3O/c1-13-9-5-4-8(11-12-9)7-3-2-6-10-7/h4-5,7,10H,2-3,6H2,1H3. The zero-order valence-corrected chi connectivity index (χ0v) is 7.66. The van der Waals surface area contributed by atoms with E-state index >= 15 is 0 Å². The fraction of sp³-hybridized carbons (Fsp3) is 0.556. The largest absolute Gasteiger partial charge is 0.480 e. The Morgan fingerprint density at radius 2 is 2.38 bits per heavy atom. The van der Waals surface area contributed by atoms with E-state index in [1.54, 1.807) is 7.11 Å². The fourth-order valence-electron chi connectivity index (χ4n) is 1.56. The van der Waals surface area contributed by atoms with Gasteiger partial charge < -0.3 is 10.1 Å². The number of hydrogen-bond donors (Lipinski definition) is 1. The number of rotatable bonds is 2. The van der Waals surface area contributed by atoms with Crippen LogP contribution in [0.1, 0.15) is 24.6 Å². The van der Waals surface area contributed by atoms with Gasteiger partial charge in [0.1, 0.15) is 0 Å². The van der Waals surface area contributed by atoms with E-state index in [2.05, 4.69) is 15.5 Å². The molecule has 4 nitrogen and oxygen atoms in total. The van der Waals surface area contributed by atoms with Crippen LogP contribution in [0.25, 0.3) is 0 Å². The molecule has 2 rings (SSSR count). The lowest BCUT2D eigenvalue weighted by atomic mass is 10.1. The van der Waals surface area contributed by atoms with Crippen LogP contribution in [0.5, 0.6) is 5.88 Å². The number of ether oxygens (including phenoxy) is 1. The predicted octanol–water partition coefficient (Wildman–Crippen LogP) is 0.910. The molecule has 1 atom stereocenters. The molecule has 0 radical (unpaired) electrons. The van der Waals surface area contributed by atoms with Crippen molar-refractivity contribution < 1.29 is 4.74 Å². The van der Waals surface area contributed by atoms with Crippen LogP contribution in [-0.2, 0) is 0 Å². The second-order valence-corrected chi connectivity index (χ2v) is 3.15. The smallest absolute Gasteiger partial charge is 0.233 e. The zero-order valence-electron chi connectivity index (χ0n) is 7.66. The van der Waals surface area contributed by atoms with Gasteiger partial charge in [-0.3, -0.25) is 0 Å². The quantitative estimate of drug-likeness (QED) is 0.733. The molecule has 2 heterocycles. The zero-order chi connectivity index (χ0) is 9.10. The van der Waals surface area contributed by atoms with Crippen molar-refractivity contribution in [1.82, 2.24) is 15.5 Å². The van der Waals surface area contributed by atoms with Crippen molar-refractivity contribution in [1.29, 1.82) is 0 Å². The van der Waals surface area contributed by atoms with E-state index in [0.717, 1.165) is 18.7 Å². The average Bonchev–Trinajstić information content (AvgIpc) is 2.71. The summed E-state index contributed by atoms with van der Waals surface area (Å²) >= 11 is 0. The average molecular weight is 179 g/mol. The molecule has 1 fully saturated rings. The van der Waals surface area contributed by atoms with Gasteiger partial charge in [-0.15, -0.1) is 5.10 Å². The van der Waals surface area contributed by atoms with Crippen LogP contribution >= 0.6 is 0 Å². The lowest BCUT2D eigenvalue weighted by Gasteiger charge is -2.08. The van der Waals surface area contributed by atoms with Crippen molar-refractivity contribution in [3.63, 3.8) is 0 Å². The van der Waals surface area contributed by atoms with Gasteiger partial charge in [0.15, 0.2) is 0 Å². The van der Waals surface area contributed by atoms with Gasteiger partial charge in [-0.1, -0.05) is 0 Å². The van der Waals surface area contributed by atoms with Crippen LogP contribution in [0, 0.1) is 0 Å². The third kappa shape index (κ3) is 1.78. The Kier molecular flexibility index (Phi) is 2.40. The lowest BCUT2D eigenvalue weighted by molar-refractivity contribution is 0.390. The minimum atomic E-state index is 0.387. The molecule has 1 unspecified atom stereocenters. The first-order valence-corrected chi connectivity index (χ1v) is 4.51. The lowest BCUT2D eigenvalue weighted by Crippen LogP contribution is -2.14. The van der Waals surface area contributed by atoms with Gasteiger partial charge in [0.2, 0.25) is 5.88 Å². The van der Waals surface area contributed by atoms with Crippen molar-refractivity contribution in [2.45, 2.75) is 18.9 Å². The fourth-order valence-corrected chi connectivity index (χ4v) is 1.56. The molecule has 70 valence electrons. The Labute approximate surface area is 77.3 Å². The van der Waals surface area contributed by atoms with Crippen LogP contribution in [-0.4, -0.2) is 23.9 Å². The van der Waals surface area contributed by atoms with Crippen molar-refractivity contribution in [2.75, 3.05) is 13.7 Å². The summed E-state index contributed by atoms with van der Waals surface area (Å²) in [6.45, 7) is 1.08. The molecule has 0 bridgehead atoms. The first kappa shape index (κ1) is 8.44. The molecule has 1 N–H and O–H groups in total. The summed E-state index contributed by atoms with van der Waals surface area (Å²) in [6.07, 6.45) is 2.37. The Morgan fingerprint density at radius 1 is 1.46 bits per heavy atom. The Morgan fingerprint density at radius 3 is 2.92 bits per heavy atom. The molecule has 4 heteroatoms. The van der Waals surface area contributed by atoms with Crippen LogP contribution in [0.3, 0.4) is 0 Å². The third-order valence-electron chi connectivity index (χ3n) is 2.29. The van der Waals surface area contributed by atoms with Crippen molar-refractivity contribution in [3.05, 3.63) is 17.8 Å². The summed E-state index contributed by atoms with van der Waals surface area (Å²) in [6, 6.07) is 4.20. The van der Waals surface area contributed by atoms with E-state index in [0.29, 0.717) is 11.9 Å². The number of hydrogen-bond acceptors (Lipinski definition) is 4. The molecule has 0 amide bonds. The predicted molar refractivity (Wildman–Crippen MR) is 48.6 cm³/mol. The van der Waals surface area contributed by atoms with Crippen LogP contribution in [0.15, 0.2) is 12.1 Å². The van der Waals surface area contributed by atoms with Gasteiger partial charge in [-0.05, 0) is 25.5 Å². The first-order chi connectivity index (χ1) is 6.40. The Balaban J connectivity index is 2.12. The summed E-state index contributed by atoms with van der Waals surface area (Å²) in [5.74, 6) is 0.571. The first-order valence-electron chi connectivity index (χ1n) is 4.51. The van der Waals surface area contributed by atoms with Gasteiger partial charge in [-0.25, -0.2) is 0 Å². The van der Waals surface area contributed by atoms with E-state index in [1.165, 1.54) is 6.42 Å². The molecule has 1 aromatic heterocycles. The van der Waals surface area contributed by atoms with E-state index in [1.807, 2.05) is 12.1 Å². The third-order valence-corrected chi connectivity index (χ3v) is 2.29. The van der Waals surface area contributed by atoms with Crippen LogP contribution < -0.4 is 10.1 Å². The van der Waals surface area contributed by atoms with Gasteiger partial charge in [0.25, 0.3) is 0 Å². The monoisotopic (exact) mass is 179 g/mol. The SMILES string of the molecule is COc1ccc(C2CCCN2)nn1. The normalized spacial score (nSPS) is 21.8. The van der Waals surface area contributed by atoms with Crippen molar-refractivity contribution in [2.24, 2.45) is 0 Å². The summed E-state index contributed by atoms with van der Waals surface area (Å²) < 4.78 is 4.94. The minimum Gasteiger partial charge on any atom is -0.480 e. The molecule has 0 aromatic carbocycles. The highest BCUT2D eigenvalue weighted by molar-refractivity contribution is 5.14. The molecular weight excluding hydrogens is 166 g/mol. The Bertz CT molecular complexity index is 267. The van der Waals surface area contributed by atoms with Gasteiger partial charge >= 0.3 is 0 Å². The van der Waals surface area contributed by atoms with E-state index in [-0.39, 0.29) is 0 Å². The molecule has 1 aromatic rings. The minimum absolute atomic E-state index is 0.387. The van der Waals surface area contributed by atoms with Gasteiger partial charge in [0.05, 0.1) is 18.8 Å². The molecule has 0 spiro atoms.